The second-order valence-electron chi connectivity index (χ2n) is 6.15. The molecular formula is C20H22N4O5. The maximum Gasteiger partial charge on any atom is 0.244 e. The molecule has 1 aromatic carbocycles. The quantitative estimate of drug-likeness (QED) is 0.590. The summed E-state index contributed by atoms with van der Waals surface area (Å²) in [6.07, 6.45) is 1.94. The van der Waals surface area contributed by atoms with Crippen LogP contribution in [0.5, 0.6) is 5.75 Å². The Morgan fingerprint density at radius 3 is 2.76 bits per heavy atom. The zero-order valence-corrected chi connectivity index (χ0v) is 16.3. The van der Waals surface area contributed by atoms with Gasteiger partial charge in [0.15, 0.2) is 5.76 Å². The topological polar surface area (TPSA) is 111 Å². The molecule has 152 valence electrons. The van der Waals surface area contributed by atoms with Crippen LogP contribution in [0.4, 0.5) is 5.69 Å². The lowest BCUT2D eigenvalue weighted by atomic mass is 10.2. The van der Waals surface area contributed by atoms with E-state index < -0.39 is 0 Å². The molecule has 0 saturated carbocycles. The van der Waals surface area contributed by atoms with Crippen molar-refractivity contribution in [3.05, 3.63) is 48.6 Å². The smallest absolute Gasteiger partial charge is 0.244 e. The number of ether oxygens (including phenoxy) is 1. The molecule has 29 heavy (non-hydrogen) atoms. The Hall–Kier alpha value is -3.62. The van der Waals surface area contributed by atoms with Crippen LogP contribution in [0.3, 0.4) is 0 Å². The second-order valence-corrected chi connectivity index (χ2v) is 6.15. The van der Waals surface area contributed by atoms with E-state index in [2.05, 4.69) is 15.5 Å². The van der Waals surface area contributed by atoms with Gasteiger partial charge in [-0.05, 0) is 31.2 Å². The van der Waals surface area contributed by atoms with Crippen LogP contribution < -0.4 is 10.1 Å². The molecule has 1 N–H and O–H groups in total. The van der Waals surface area contributed by atoms with Gasteiger partial charge in [0.25, 0.3) is 0 Å². The van der Waals surface area contributed by atoms with E-state index in [-0.39, 0.29) is 31.2 Å². The molecule has 0 unspecified atom stereocenters. The normalized spacial score (nSPS) is 10.6. The molecule has 3 rings (SSSR count). The minimum Gasteiger partial charge on any atom is -0.495 e. The van der Waals surface area contributed by atoms with Gasteiger partial charge in [0, 0.05) is 19.4 Å². The Morgan fingerprint density at radius 1 is 1.21 bits per heavy atom. The van der Waals surface area contributed by atoms with Crippen LogP contribution in [0.1, 0.15) is 19.2 Å². The van der Waals surface area contributed by atoms with E-state index in [1.807, 2.05) is 13.0 Å². The molecule has 0 spiro atoms. The summed E-state index contributed by atoms with van der Waals surface area (Å²) in [5, 5.41) is 6.60. The molecule has 0 atom stereocenters. The molecule has 2 aromatic heterocycles. The minimum atomic E-state index is -0.303. The predicted molar refractivity (Wildman–Crippen MR) is 104 cm³/mol. The van der Waals surface area contributed by atoms with Crippen LogP contribution >= 0.6 is 0 Å². The zero-order valence-electron chi connectivity index (χ0n) is 16.3. The number of methoxy groups -OCH3 is 1. The number of nitrogens with zero attached hydrogens (tertiary/aromatic N) is 3. The first kappa shape index (κ1) is 20.1. The van der Waals surface area contributed by atoms with E-state index in [0.717, 1.165) is 0 Å². The van der Waals surface area contributed by atoms with Crippen molar-refractivity contribution in [2.75, 3.05) is 25.5 Å². The lowest BCUT2D eigenvalue weighted by Gasteiger charge is -2.20. The number of hydrogen-bond donors (Lipinski definition) is 1. The largest absolute Gasteiger partial charge is 0.495 e. The first-order chi connectivity index (χ1) is 14.1. The molecule has 0 saturated heterocycles. The molecule has 0 aliphatic carbocycles. The summed E-state index contributed by atoms with van der Waals surface area (Å²) in [5.41, 5.74) is 0.555. The van der Waals surface area contributed by atoms with Gasteiger partial charge in [-0.3, -0.25) is 9.59 Å². The number of nitrogens with one attached hydrogen (secondary N) is 1. The summed E-state index contributed by atoms with van der Waals surface area (Å²) in [6, 6.07) is 10.5. The highest BCUT2D eigenvalue weighted by molar-refractivity contribution is 5.95. The first-order valence-corrected chi connectivity index (χ1v) is 9.17. The Morgan fingerprint density at radius 2 is 2.03 bits per heavy atom. The summed E-state index contributed by atoms with van der Waals surface area (Å²) >= 11 is 0. The van der Waals surface area contributed by atoms with Gasteiger partial charge in [-0.1, -0.05) is 17.3 Å². The van der Waals surface area contributed by atoms with Crippen LogP contribution in [0.2, 0.25) is 0 Å². The Bertz CT molecular complexity index is 951. The molecule has 2 amide bonds. The van der Waals surface area contributed by atoms with E-state index in [1.54, 1.807) is 30.3 Å². The van der Waals surface area contributed by atoms with Crippen molar-refractivity contribution in [3.8, 4) is 17.3 Å². The number of aromatic nitrogens is 2. The molecule has 9 heteroatoms. The molecule has 0 aliphatic rings. The van der Waals surface area contributed by atoms with E-state index >= 15 is 0 Å². The average molecular weight is 398 g/mol. The Labute approximate surface area is 167 Å². The standard InChI is InChI=1S/C20H22N4O5/c1-3-24(13-17(25)21-14-7-4-5-8-15(14)27-2)19(26)11-10-18-22-20(23-29-18)16-9-6-12-28-16/h4-9,12H,3,10-11,13H2,1-2H3,(H,21,25). The number of carbonyl (C=O) groups is 2. The van der Waals surface area contributed by atoms with E-state index in [0.29, 0.717) is 35.5 Å². The molecule has 9 nitrogen and oxygen atoms in total. The third kappa shape index (κ3) is 5.22. The van der Waals surface area contributed by atoms with Crippen LogP contribution in [0.15, 0.2) is 51.6 Å². The molecule has 0 radical (unpaired) electrons. The maximum atomic E-state index is 12.5. The maximum absolute atomic E-state index is 12.5. The molecule has 0 bridgehead atoms. The van der Waals surface area contributed by atoms with Gasteiger partial charge in [0.2, 0.25) is 23.5 Å². The van der Waals surface area contributed by atoms with Crippen molar-refractivity contribution >= 4 is 17.5 Å². The monoisotopic (exact) mass is 398 g/mol. The van der Waals surface area contributed by atoms with E-state index in [9.17, 15) is 9.59 Å². The number of carbonyl (C=O) groups excluding carboxylic acids is 2. The molecule has 2 heterocycles. The van der Waals surface area contributed by atoms with Crippen molar-refractivity contribution < 1.29 is 23.3 Å². The number of aryl methyl sites for hydroxylation is 1. The number of anilines is 1. The third-order valence-corrected chi connectivity index (χ3v) is 4.21. The van der Waals surface area contributed by atoms with Gasteiger partial charge < -0.3 is 23.9 Å². The van der Waals surface area contributed by atoms with Crippen molar-refractivity contribution in [1.82, 2.24) is 15.0 Å². The number of rotatable bonds is 9. The number of benzene rings is 1. The summed E-state index contributed by atoms with van der Waals surface area (Å²) in [7, 11) is 1.53. The first-order valence-electron chi connectivity index (χ1n) is 9.17. The van der Waals surface area contributed by atoms with Gasteiger partial charge in [-0.2, -0.15) is 4.98 Å². The summed E-state index contributed by atoms with van der Waals surface area (Å²) < 4.78 is 15.6. The van der Waals surface area contributed by atoms with E-state index in [1.165, 1.54) is 18.3 Å². The van der Waals surface area contributed by atoms with Crippen LogP contribution in [0, 0.1) is 0 Å². The Balaban J connectivity index is 1.53. The minimum absolute atomic E-state index is 0.0607. The summed E-state index contributed by atoms with van der Waals surface area (Å²) in [4.78, 5) is 30.5. The van der Waals surface area contributed by atoms with Gasteiger partial charge in [0.05, 0.1) is 25.6 Å². The van der Waals surface area contributed by atoms with Gasteiger partial charge in [-0.15, -0.1) is 0 Å². The zero-order chi connectivity index (χ0) is 20.6. The number of hydrogen-bond acceptors (Lipinski definition) is 7. The number of amides is 2. The van der Waals surface area contributed by atoms with Crippen molar-refractivity contribution in [2.24, 2.45) is 0 Å². The van der Waals surface area contributed by atoms with Gasteiger partial charge in [-0.25, -0.2) is 0 Å². The van der Waals surface area contributed by atoms with Crippen molar-refractivity contribution in [3.63, 3.8) is 0 Å². The highest BCUT2D eigenvalue weighted by Gasteiger charge is 2.18. The van der Waals surface area contributed by atoms with E-state index in [4.69, 9.17) is 13.7 Å². The summed E-state index contributed by atoms with van der Waals surface area (Å²) in [6.45, 7) is 2.16. The lowest BCUT2D eigenvalue weighted by Crippen LogP contribution is -2.38. The summed E-state index contributed by atoms with van der Waals surface area (Å²) in [5.74, 6) is 1.23. The van der Waals surface area contributed by atoms with Crippen LogP contribution in [-0.2, 0) is 16.0 Å². The predicted octanol–water partition coefficient (Wildman–Crippen LogP) is 2.76. The number of furan rings is 1. The SMILES string of the molecule is CCN(CC(=O)Nc1ccccc1OC)C(=O)CCc1nc(-c2ccco2)no1. The van der Waals surface area contributed by atoms with Crippen molar-refractivity contribution in [1.29, 1.82) is 0 Å². The fraction of sp³-hybridized carbons (Fsp3) is 0.300. The lowest BCUT2D eigenvalue weighted by molar-refractivity contribution is -0.134. The fourth-order valence-corrected chi connectivity index (χ4v) is 2.72. The average Bonchev–Trinajstić information content (AvgIpc) is 3.42. The van der Waals surface area contributed by atoms with Gasteiger partial charge in [0.1, 0.15) is 5.75 Å². The number of likely N-dealkylation sites (N-methyl/N-ethyl adjacent to an activating group) is 1. The molecule has 0 fully saturated rings. The number of para-hydroxylation sites is 2. The highest BCUT2D eigenvalue weighted by atomic mass is 16.5. The van der Waals surface area contributed by atoms with Crippen LogP contribution in [-0.4, -0.2) is 47.1 Å². The molecule has 3 aromatic rings. The van der Waals surface area contributed by atoms with Crippen LogP contribution in [0.25, 0.3) is 11.6 Å². The molecular weight excluding hydrogens is 376 g/mol. The fourth-order valence-electron chi connectivity index (χ4n) is 2.72. The molecule has 0 aliphatic heterocycles. The van der Waals surface area contributed by atoms with Gasteiger partial charge >= 0.3 is 0 Å². The van der Waals surface area contributed by atoms with Crippen molar-refractivity contribution in [2.45, 2.75) is 19.8 Å². The second kappa shape index (κ2) is 9.54. The Kier molecular flexibility index (Phi) is 6.62. The third-order valence-electron chi connectivity index (χ3n) is 4.21. The highest BCUT2D eigenvalue weighted by Crippen LogP contribution is 2.23.